The zero-order valence-electron chi connectivity index (χ0n) is 20.4. The normalized spacial score (nSPS) is 16.9. The fourth-order valence-electron chi connectivity index (χ4n) is 4.39. The summed E-state index contributed by atoms with van der Waals surface area (Å²) < 4.78 is 0. The van der Waals surface area contributed by atoms with Crippen LogP contribution in [0.5, 0.6) is 0 Å². The van der Waals surface area contributed by atoms with Crippen LogP contribution in [0.15, 0.2) is 36.0 Å². The van der Waals surface area contributed by atoms with Crippen molar-refractivity contribution in [3.05, 3.63) is 36.0 Å². The van der Waals surface area contributed by atoms with Crippen molar-refractivity contribution in [2.24, 2.45) is 17.3 Å². The van der Waals surface area contributed by atoms with Crippen molar-refractivity contribution in [1.82, 2.24) is 5.32 Å². The minimum absolute atomic E-state index is 0.0107. The highest BCUT2D eigenvalue weighted by atomic mass is 16.1. The maximum Gasteiger partial charge on any atom is 0.217 e. The Morgan fingerprint density at radius 1 is 1.07 bits per heavy atom. The molecule has 1 amide bonds. The average Bonchev–Trinajstić information content (AvgIpc) is 2.51. The SMILES string of the molecule is [B]C(C)(CC(C)(C)NC(C)=O)/C(C=C)=C/C(=C\C)C(C)(C)CC(C)C(=O)C(C)C. The lowest BCUT2D eigenvalue weighted by Crippen LogP contribution is -2.44. The maximum atomic E-state index is 12.4. The molecule has 0 aromatic rings. The minimum Gasteiger partial charge on any atom is -0.351 e. The monoisotopic (exact) mass is 399 g/mol. The van der Waals surface area contributed by atoms with Gasteiger partial charge in [0.25, 0.3) is 0 Å². The van der Waals surface area contributed by atoms with Gasteiger partial charge in [-0.2, -0.15) is 0 Å². The Balaban J connectivity index is 5.79. The van der Waals surface area contributed by atoms with Crippen LogP contribution < -0.4 is 5.32 Å². The lowest BCUT2D eigenvalue weighted by molar-refractivity contribution is -0.126. The third-order valence-electron chi connectivity index (χ3n) is 5.48. The number of hydrogen-bond acceptors (Lipinski definition) is 2. The molecule has 1 N–H and O–H groups in total. The highest BCUT2D eigenvalue weighted by Crippen LogP contribution is 2.43. The van der Waals surface area contributed by atoms with Gasteiger partial charge in [-0.1, -0.05) is 71.9 Å². The number of hydrogen-bond donors (Lipinski definition) is 1. The lowest BCUT2D eigenvalue weighted by Gasteiger charge is -2.38. The lowest BCUT2D eigenvalue weighted by atomic mass is 9.59. The predicted octanol–water partition coefficient (Wildman–Crippen LogP) is 5.97. The van der Waals surface area contributed by atoms with E-state index in [1.54, 1.807) is 6.08 Å². The molecule has 4 heteroatoms. The van der Waals surface area contributed by atoms with Crippen LogP contribution in [0.4, 0.5) is 0 Å². The highest BCUT2D eigenvalue weighted by Gasteiger charge is 2.33. The van der Waals surface area contributed by atoms with Gasteiger partial charge >= 0.3 is 0 Å². The van der Waals surface area contributed by atoms with Gasteiger partial charge in [0.1, 0.15) is 5.78 Å². The summed E-state index contributed by atoms with van der Waals surface area (Å²) in [6, 6.07) is 0. The number of carbonyl (C=O) groups is 2. The summed E-state index contributed by atoms with van der Waals surface area (Å²) in [4.78, 5) is 23.9. The minimum atomic E-state index is -0.669. The number of rotatable bonds is 11. The van der Waals surface area contributed by atoms with Crippen molar-refractivity contribution in [3.8, 4) is 0 Å². The summed E-state index contributed by atoms with van der Waals surface area (Å²) >= 11 is 0. The molecule has 0 fully saturated rings. The molecule has 0 aromatic carbocycles. The molecule has 0 aliphatic carbocycles. The quantitative estimate of drug-likeness (QED) is 0.343. The summed E-state index contributed by atoms with van der Waals surface area (Å²) in [5, 5.41) is 2.30. The number of Topliss-reactive ketones (excluding diaryl/α,β-unsaturated/α-hetero) is 1. The Bertz CT molecular complexity index is 666. The van der Waals surface area contributed by atoms with E-state index in [2.05, 4.69) is 37.9 Å². The molecule has 0 rings (SSSR count). The number of amides is 1. The van der Waals surface area contributed by atoms with Gasteiger partial charge in [-0.25, -0.2) is 0 Å². The van der Waals surface area contributed by atoms with Crippen molar-refractivity contribution < 1.29 is 9.59 Å². The predicted molar refractivity (Wildman–Crippen MR) is 126 cm³/mol. The van der Waals surface area contributed by atoms with Crippen LogP contribution in [-0.4, -0.2) is 25.1 Å². The number of carbonyl (C=O) groups excluding carboxylic acids is 2. The number of allylic oxidation sites excluding steroid dienone is 5. The van der Waals surface area contributed by atoms with Crippen LogP contribution in [0.3, 0.4) is 0 Å². The Morgan fingerprint density at radius 3 is 1.97 bits per heavy atom. The molecule has 2 unspecified atom stereocenters. The van der Waals surface area contributed by atoms with E-state index in [0.717, 1.165) is 17.6 Å². The fourth-order valence-corrected chi connectivity index (χ4v) is 4.39. The zero-order valence-corrected chi connectivity index (χ0v) is 20.4. The van der Waals surface area contributed by atoms with Crippen LogP contribution in [0.2, 0.25) is 5.31 Å². The molecular formula is C25H42BNO2. The molecule has 162 valence electrons. The third kappa shape index (κ3) is 8.76. The molecule has 29 heavy (non-hydrogen) atoms. The second-order valence-electron chi connectivity index (χ2n) is 10.3. The Hall–Kier alpha value is -1.58. The first kappa shape index (κ1) is 27.4. The molecule has 0 bridgehead atoms. The molecule has 2 radical (unpaired) electrons. The van der Waals surface area contributed by atoms with Crippen molar-refractivity contribution >= 4 is 19.5 Å². The molecule has 0 aliphatic heterocycles. The second-order valence-corrected chi connectivity index (χ2v) is 10.3. The first-order valence-corrected chi connectivity index (χ1v) is 10.6. The van der Waals surface area contributed by atoms with Crippen LogP contribution in [0.25, 0.3) is 0 Å². The first-order chi connectivity index (χ1) is 13.0. The van der Waals surface area contributed by atoms with Crippen LogP contribution in [-0.2, 0) is 9.59 Å². The number of nitrogens with one attached hydrogen (secondary N) is 1. The summed E-state index contributed by atoms with van der Waals surface area (Å²) in [6.45, 7) is 23.7. The zero-order chi connectivity index (χ0) is 23.2. The molecular weight excluding hydrogens is 357 g/mol. The highest BCUT2D eigenvalue weighted by molar-refractivity contribution is 6.17. The Labute approximate surface area is 180 Å². The van der Waals surface area contributed by atoms with Gasteiger partial charge in [-0.15, -0.1) is 0 Å². The largest absolute Gasteiger partial charge is 0.351 e. The topological polar surface area (TPSA) is 46.2 Å². The standard InChI is InChI=1S/C25H42BNO2/c1-12-20(23(7,8)15-18(5)22(29)17(3)4)14-21(13-2)25(11,26)16-24(9,10)27-19(6)28/h12-14,17-18H,2,15-16H2,1,3-11H3,(H,27,28)/b20-12+,21-14+. The molecule has 0 saturated heterocycles. The van der Waals surface area contributed by atoms with Crippen LogP contribution in [0, 0.1) is 17.3 Å². The molecule has 0 saturated carbocycles. The van der Waals surface area contributed by atoms with Crippen molar-refractivity contribution in [1.29, 1.82) is 0 Å². The van der Waals surface area contributed by atoms with Gasteiger partial charge in [-0.3, -0.25) is 9.59 Å². The maximum absolute atomic E-state index is 12.4. The smallest absolute Gasteiger partial charge is 0.217 e. The van der Waals surface area contributed by atoms with Crippen molar-refractivity contribution in [2.75, 3.05) is 0 Å². The molecule has 3 nitrogen and oxygen atoms in total. The van der Waals surface area contributed by atoms with E-state index in [1.165, 1.54) is 6.92 Å². The van der Waals surface area contributed by atoms with E-state index in [9.17, 15) is 9.59 Å². The van der Waals surface area contributed by atoms with Gasteiger partial charge in [0.05, 0.1) is 7.85 Å². The Morgan fingerprint density at radius 2 is 1.59 bits per heavy atom. The molecule has 0 aromatic heterocycles. The van der Waals surface area contributed by atoms with Crippen LogP contribution in [0.1, 0.15) is 82.1 Å². The molecule has 2 atom stereocenters. The summed E-state index contributed by atoms with van der Waals surface area (Å²) in [7, 11) is 6.70. The van der Waals surface area contributed by atoms with Gasteiger partial charge < -0.3 is 5.32 Å². The number of ketones is 1. The van der Waals surface area contributed by atoms with Crippen molar-refractivity contribution in [3.63, 3.8) is 0 Å². The fraction of sp³-hybridized carbons (Fsp3) is 0.680. The van der Waals surface area contributed by atoms with E-state index in [-0.39, 0.29) is 23.2 Å². The molecule has 0 spiro atoms. The van der Waals surface area contributed by atoms with Gasteiger partial charge in [0.15, 0.2) is 0 Å². The molecule has 0 heterocycles. The first-order valence-electron chi connectivity index (χ1n) is 10.6. The van der Waals surface area contributed by atoms with E-state index >= 15 is 0 Å². The van der Waals surface area contributed by atoms with E-state index in [4.69, 9.17) is 7.85 Å². The van der Waals surface area contributed by atoms with E-state index < -0.39 is 10.9 Å². The average molecular weight is 399 g/mol. The molecule has 0 aliphatic rings. The van der Waals surface area contributed by atoms with E-state index in [0.29, 0.717) is 12.2 Å². The van der Waals surface area contributed by atoms with Gasteiger partial charge in [0.2, 0.25) is 5.91 Å². The third-order valence-corrected chi connectivity index (χ3v) is 5.48. The van der Waals surface area contributed by atoms with E-state index in [1.807, 2.05) is 48.5 Å². The van der Waals surface area contributed by atoms with Gasteiger partial charge in [-0.05, 0) is 49.9 Å². The Kier molecular flexibility index (Phi) is 9.89. The summed E-state index contributed by atoms with van der Waals surface area (Å²) in [6.07, 6.45) is 7.32. The summed E-state index contributed by atoms with van der Waals surface area (Å²) in [5.41, 5.74) is 1.42. The van der Waals surface area contributed by atoms with Crippen molar-refractivity contribution in [2.45, 2.75) is 92.9 Å². The van der Waals surface area contributed by atoms with Crippen LogP contribution >= 0.6 is 0 Å². The van der Waals surface area contributed by atoms with Gasteiger partial charge in [0, 0.05) is 24.3 Å². The second kappa shape index (κ2) is 10.5. The summed E-state index contributed by atoms with van der Waals surface area (Å²) in [5.74, 6) is 0.247.